The number of aliphatic hydroxyl groups is 1. The quantitative estimate of drug-likeness (QED) is 0.606. The van der Waals surface area contributed by atoms with Crippen molar-refractivity contribution in [3.8, 4) is 11.5 Å². The number of nitrogens with zero attached hydrogens (tertiary/aromatic N) is 2. The number of nitrogens with one attached hydrogen (secondary N) is 1. The minimum absolute atomic E-state index is 0.0182. The molecule has 1 aromatic carbocycles. The van der Waals surface area contributed by atoms with Gasteiger partial charge in [0.2, 0.25) is 0 Å². The van der Waals surface area contributed by atoms with E-state index in [2.05, 4.69) is 15.3 Å². The number of halogens is 1. The van der Waals surface area contributed by atoms with Gasteiger partial charge in [-0.15, -0.1) is 0 Å². The molecule has 1 aliphatic heterocycles. The molecule has 8 heteroatoms. The van der Waals surface area contributed by atoms with E-state index in [4.69, 9.17) is 21.1 Å². The van der Waals surface area contributed by atoms with Gasteiger partial charge in [0.1, 0.15) is 17.4 Å². The maximum atomic E-state index is 12.7. The van der Waals surface area contributed by atoms with Crippen LogP contribution in [0.25, 0.3) is 10.9 Å². The van der Waals surface area contributed by atoms with Crippen molar-refractivity contribution in [3.63, 3.8) is 0 Å². The van der Waals surface area contributed by atoms with Crippen LogP contribution in [-0.4, -0.2) is 41.2 Å². The second-order valence-corrected chi connectivity index (χ2v) is 8.22. The van der Waals surface area contributed by atoms with Crippen LogP contribution >= 0.6 is 11.6 Å². The number of hydrogen-bond acceptors (Lipinski definition) is 6. The molecule has 1 amide bonds. The van der Waals surface area contributed by atoms with E-state index in [0.717, 1.165) is 10.9 Å². The Hall–Kier alpha value is -2.90. The van der Waals surface area contributed by atoms with E-state index < -0.39 is 6.10 Å². The van der Waals surface area contributed by atoms with Crippen LogP contribution in [-0.2, 0) is 5.41 Å². The van der Waals surface area contributed by atoms with Crippen LogP contribution in [0.15, 0.2) is 36.5 Å². The van der Waals surface area contributed by atoms with Gasteiger partial charge in [-0.2, -0.15) is 0 Å². The van der Waals surface area contributed by atoms with Gasteiger partial charge in [-0.05, 0) is 24.3 Å². The molecule has 0 aliphatic carbocycles. The number of ether oxygens (including phenoxy) is 2. The largest absolute Gasteiger partial charge is 0.494 e. The summed E-state index contributed by atoms with van der Waals surface area (Å²) in [4.78, 5) is 21.2. The molecule has 1 atom stereocenters. The zero-order valence-electron chi connectivity index (χ0n) is 16.9. The van der Waals surface area contributed by atoms with E-state index in [1.807, 2.05) is 19.9 Å². The fourth-order valence-electron chi connectivity index (χ4n) is 3.50. The van der Waals surface area contributed by atoms with Crippen molar-refractivity contribution >= 4 is 28.4 Å². The van der Waals surface area contributed by atoms with E-state index in [9.17, 15) is 9.90 Å². The average molecular weight is 428 g/mol. The highest BCUT2D eigenvalue weighted by molar-refractivity contribution is 6.31. The van der Waals surface area contributed by atoms with Crippen molar-refractivity contribution in [1.82, 2.24) is 15.3 Å². The Balaban J connectivity index is 1.52. The molecule has 1 unspecified atom stereocenters. The molecule has 0 saturated heterocycles. The predicted molar refractivity (Wildman–Crippen MR) is 113 cm³/mol. The highest BCUT2D eigenvalue weighted by Crippen LogP contribution is 2.42. The van der Waals surface area contributed by atoms with Crippen LogP contribution in [0.2, 0.25) is 5.15 Å². The molecule has 4 rings (SSSR count). The summed E-state index contributed by atoms with van der Waals surface area (Å²) in [6.45, 7) is 4.55. The van der Waals surface area contributed by atoms with Gasteiger partial charge in [-0.1, -0.05) is 31.5 Å². The summed E-state index contributed by atoms with van der Waals surface area (Å²) >= 11 is 6.24. The number of rotatable bonds is 5. The SMILES string of the molecule is COc1cc(C(=O)NCC(O)c2cc3c(c(Cl)n2)OCC3(C)C)cc2cccnc12. The minimum Gasteiger partial charge on any atom is -0.494 e. The molecule has 3 heterocycles. The Morgan fingerprint density at radius 3 is 2.97 bits per heavy atom. The monoisotopic (exact) mass is 427 g/mol. The van der Waals surface area contributed by atoms with Crippen LogP contribution in [0, 0.1) is 0 Å². The third-order valence-corrected chi connectivity index (χ3v) is 5.46. The molecule has 7 nitrogen and oxygen atoms in total. The Morgan fingerprint density at radius 1 is 1.40 bits per heavy atom. The van der Waals surface area contributed by atoms with Crippen LogP contribution in [0.1, 0.15) is 41.6 Å². The summed E-state index contributed by atoms with van der Waals surface area (Å²) in [5.74, 6) is 0.723. The summed E-state index contributed by atoms with van der Waals surface area (Å²) in [5.41, 5.74) is 2.15. The topological polar surface area (TPSA) is 93.6 Å². The van der Waals surface area contributed by atoms with Gasteiger partial charge in [-0.3, -0.25) is 9.78 Å². The van der Waals surface area contributed by atoms with Gasteiger partial charge in [-0.25, -0.2) is 4.98 Å². The molecule has 0 saturated carbocycles. The predicted octanol–water partition coefficient (Wildman–Crippen LogP) is 3.43. The maximum Gasteiger partial charge on any atom is 0.251 e. The summed E-state index contributed by atoms with van der Waals surface area (Å²) < 4.78 is 11.0. The van der Waals surface area contributed by atoms with Crippen LogP contribution < -0.4 is 14.8 Å². The molecule has 156 valence electrons. The Kier molecular flexibility index (Phi) is 5.26. The number of carbonyl (C=O) groups excluding carboxylic acids is 1. The standard InChI is InChI=1S/C22H22ClN3O4/c1-22(2)11-30-19-14(22)9-15(26-20(19)23)16(27)10-25-21(28)13-7-12-5-4-6-24-18(12)17(8-13)29-3/h4-9,16,27H,10-11H2,1-3H3,(H,25,28). The number of benzene rings is 1. The number of methoxy groups -OCH3 is 1. The van der Waals surface area contributed by atoms with Crippen molar-refractivity contribution in [2.75, 3.05) is 20.3 Å². The summed E-state index contributed by atoms with van der Waals surface area (Å²) in [7, 11) is 1.53. The van der Waals surface area contributed by atoms with E-state index in [1.165, 1.54) is 7.11 Å². The minimum atomic E-state index is -1.02. The second-order valence-electron chi connectivity index (χ2n) is 7.87. The second kappa shape index (κ2) is 7.74. The molecule has 3 aromatic rings. The van der Waals surface area contributed by atoms with Gasteiger partial charge in [0.25, 0.3) is 5.91 Å². The van der Waals surface area contributed by atoms with Crippen LogP contribution in [0.3, 0.4) is 0 Å². The fraction of sp³-hybridized carbons (Fsp3) is 0.318. The van der Waals surface area contributed by atoms with Crippen LogP contribution in [0.4, 0.5) is 0 Å². The van der Waals surface area contributed by atoms with Gasteiger partial charge >= 0.3 is 0 Å². The normalized spacial score (nSPS) is 15.4. The van der Waals surface area contributed by atoms with E-state index in [0.29, 0.717) is 34.9 Å². The third-order valence-electron chi connectivity index (χ3n) is 5.21. The third kappa shape index (κ3) is 3.66. The number of amides is 1. The lowest BCUT2D eigenvalue weighted by atomic mass is 9.87. The van der Waals surface area contributed by atoms with Crippen molar-refractivity contribution < 1.29 is 19.4 Å². The first-order valence-corrected chi connectivity index (χ1v) is 9.90. The summed E-state index contributed by atoms with van der Waals surface area (Å²) in [6, 6.07) is 8.80. The Morgan fingerprint density at radius 2 is 2.20 bits per heavy atom. The first-order chi connectivity index (χ1) is 14.3. The van der Waals surface area contributed by atoms with Crippen molar-refractivity contribution in [1.29, 1.82) is 0 Å². The van der Waals surface area contributed by atoms with Gasteiger partial charge in [0, 0.05) is 34.7 Å². The maximum absolute atomic E-state index is 12.7. The van der Waals surface area contributed by atoms with Gasteiger partial charge < -0.3 is 19.9 Å². The van der Waals surface area contributed by atoms with Crippen molar-refractivity contribution in [2.24, 2.45) is 0 Å². The molecular weight excluding hydrogens is 406 g/mol. The Labute approximate surface area is 179 Å². The van der Waals surface area contributed by atoms with E-state index in [-0.39, 0.29) is 23.0 Å². The molecule has 0 radical (unpaired) electrons. The molecule has 2 aromatic heterocycles. The van der Waals surface area contributed by atoms with Crippen LogP contribution in [0.5, 0.6) is 11.5 Å². The molecular formula is C22H22ClN3O4. The number of fused-ring (bicyclic) bond motifs is 2. The average Bonchev–Trinajstić information content (AvgIpc) is 3.05. The first kappa shape index (κ1) is 20.4. The lowest BCUT2D eigenvalue weighted by Crippen LogP contribution is -2.29. The summed E-state index contributed by atoms with van der Waals surface area (Å²) in [6.07, 6.45) is 0.652. The van der Waals surface area contributed by atoms with Gasteiger partial charge in [0.05, 0.1) is 19.4 Å². The zero-order valence-corrected chi connectivity index (χ0v) is 17.7. The Bertz CT molecular complexity index is 1130. The van der Waals surface area contributed by atoms with E-state index >= 15 is 0 Å². The zero-order chi connectivity index (χ0) is 21.5. The molecule has 0 spiro atoms. The van der Waals surface area contributed by atoms with Crippen molar-refractivity contribution in [3.05, 3.63) is 58.5 Å². The first-order valence-electron chi connectivity index (χ1n) is 9.53. The van der Waals surface area contributed by atoms with Gasteiger partial charge in [0.15, 0.2) is 10.9 Å². The van der Waals surface area contributed by atoms with E-state index in [1.54, 1.807) is 30.5 Å². The number of aromatic nitrogens is 2. The molecule has 0 bridgehead atoms. The molecule has 1 aliphatic rings. The smallest absolute Gasteiger partial charge is 0.251 e. The lowest BCUT2D eigenvalue weighted by Gasteiger charge is -2.18. The molecule has 0 fully saturated rings. The number of aliphatic hydroxyl groups excluding tert-OH is 1. The highest BCUT2D eigenvalue weighted by atomic mass is 35.5. The number of pyridine rings is 2. The van der Waals surface area contributed by atoms with Crippen molar-refractivity contribution in [2.45, 2.75) is 25.4 Å². The lowest BCUT2D eigenvalue weighted by molar-refractivity contribution is 0.0914. The molecule has 2 N–H and O–H groups in total. The number of carbonyl (C=O) groups is 1. The number of hydrogen-bond donors (Lipinski definition) is 2. The highest BCUT2D eigenvalue weighted by Gasteiger charge is 2.35. The summed E-state index contributed by atoms with van der Waals surface area (Å²) in [5, 5.41) is 14.3. The molecule has 30 heavy (non-hydrogen) atoms. The fourth-order valence-corrected chi connectivity index (χ4v) is 3.76.